The van der Waals surface area contributed by atoms with Crippen molar-refractivity contribution in [1.29, 1.82) is 0 Å². The van der Waals surface area contributed by atoms with E-state index in [1.807, 2.05) is 12.1 Å². The number of hydrogen-bond donors (Lipinski definition) is 2. The standard InChI is InChI=1S/C10H23N3O2S/c1-11-7-3-6-10-16(14,15)12-13-8-4-2-5-9-13/h11-12H,2-10H2,1H3. The molecule has 0 aromatic rings. The third-order valence-electron chi connectivity index (χ3n) is 2.71. The van der Waals surface area contributed by atoms with Crippen molar-refractivity contribution < 1.29 is 8.42 Å². The van der Waals surface area contributed by atoms with Crippen LogP contribution in [0.2, 0.25) is 0 Å². The van der Waals surface area contributed by atoms with Crippen LogP contribution in [-0.2, 0) is 10.0 Å². The first-order valence-corrected chi connectivity index (χ1v) is 7.69. The van der Waals surface area contributed by atoms with Gasteiger partial charge in [-0.15, -0.1) is 4.83 Å². The summed E-state index contributed by atoms with van der Waals surface area (Å²) >= 11 is 0. The molecule has 1 rings (SSSR count). The van der Waals surface area contributed by atoms with Gasteiger partial charge in [-0.05, 0) is 39.3 Å². The van der Waals surface area contributed by atoms with E-state index >= 15 is 0 Å². The molecule has 5 nitrogen and oxygen atoms in total. The van der Waals surface area contributed by atoms with E-state index in [2.05, 4.69) is 10.1 Å². The number of nitrogens with zero attached hydrogens (tertiary/aromatic N) is 1. The quantitative estimate of drug-likeness (QED) is 0.637. The fourth-order valence-corrected chi connectivity index (χ4v) is 3.07. The lowest BCUT2D eigenvalue weighted by molar-refractivity contribution is 0.200. The second-order valence-corrected chi connectivity index (χ2v) is 6.09. The normalized spacial score (nSPS) is 18.8. The van der Waals surface area contributed by atoms with E-state index in [1.54, 1.807) is 0 Å². The minimum absolute atomic E-state index is 0.227. The van der Waals surface area contributed by atoms with E-state index < -0.39 is 10.0 Å². The van der Waals surface area contributed by atoms with Crippen LogP contribution >= 0.6 is 0 Å². The first-order chi connectivity index (χ1) is 7.64. The Labute approximate surface area is 98.6 Å². The number of hydrogen-bond acceptors (Lipinski definition) is 4. The Morgan fingerprint density at radius 2 is 1.81 bits per heavy atom. The number of rotatable bonds is 7. The van der Waals surface area contributed by atoms with Crippen LogP contribution in [0.1, 0.15) is 32.1 Å². The number of hydrazine groups is 1. The molecule has 1 saturated heterocycles. The van der Waals surface area contributed by atoms with Crippen LogP contribution in [0, 0.1) is 0 Å². The van der Waals surface area contributed by atoms with Crippen molar-refractivity contribution in [3.05, 3.63) is 0 Å². The second-order valence-electron chi connectivity index (χ2n) is 4.27. The van der Waals surface area contributed by atoms with Crippen LogP contribution in [-0.4, -0.2) is 45.9 Å². The average Bonchev–Trinajstić information content (AvgIpc) is 2.25. The summed E-state index contributed by atoms with van der Waals surface area (Å²) in [6, 6.07) is 0. The Kier molecular flexibility index (Phi) is 6.26. The van der Waals surface area contributed by atoms with Gasteiger partial charge in [0.1, 0.15) is 0 Å². The van der Waals surface area contributed by atoms with Crippen molar-refractivity contribution in [3.63, 3.8) is 0 Å². The molecule has 0 aromatic heterocycles. The maximum absolute atomic E-state index is 11.7. The van der Waals surface area contributed by atoms with Gasteiger partial charge in [-0.25, -0.2) is 13.4 Å². The molecular weight excluding hydrogens is 226 g/mol. The van der Waals surface area contributed by atoms with Crippen molar-refractivity contribution in [2.24, 2.45) is 0 Å². The molecule has 0 aromatic carbocycles. The Morgan fingerprint density at radius 1 is 1.12 bits per heavy atom. The molecule has 0 spiro atoms. The molecule has 0 aliphatic carbocycles. The van der Waals surface area contributed by atoms with Gasteiger partial charge < -0.3 is 5.32 Å². The summed E-state index contributed by atoms with van der Waals surface area (Å²) in [6.45, 7) is 2.56. The van der Waals surface area contributed by atoms with E-state index in [-0.39, 0.29) is 5.75 Å². The zero-order chi connectivity index (χ0) is 11.9. The van der Waals surface area contributed by atoms with Crippen LogP contribution < -0.4 is 10.1 Å². The predicted octanol–water partition coefficient (Wildman–Crippen LogP) is 0.306. The average molecular weight is 249 g/mol. The predicted molar refractivity (Wildman–Crippen MR) is 65.5 cm³/mol. The van der Waals surface area contributed by atoms with Gasteiger partial charge in [-0.3, -0.25) is 0 Å². The highest BCUT2D eigenvalue weighted by Gasteiger charge is 2.16. The molecule has 16 heavy (non-hydrogen) atoms. The van der Waals surface area contributed by atoms with E-state index in [0.29, 0.717) is 6.42 Å². The highest BCUT2D eigenvalue weighted by atomic mass is 32.2. The van der Waals surface area contributed by atoms with Gasteiger partial charge in [0.05, 0.1) is 5.75 Å². The molecular formula is C10H23N3O2S. The maximum atomic E-state index is 11.7. The second kappa shape index (κ2) is 7.21. The summed E-state index contributed by atoms with van der Waals surface area (Å²) in [6.07, 6.45) is 4.99. The molecule has 0 atom stereocenters. The van der Waals surface area contributed by atoms with Crippen molar-refractivity contribution in [3.8, 4) is 0 Å². The number of piperidine rings is 1. The third-order valence-corrected chi connectivity index (χ3v) is 4.08. The van der Waals surface area contributed by atoms with Gasteiger partial charge in [-0.1, -0.05) is 6.42 Å². The molecule has 1 fully saturated rings. The molecule has 1 heterocycles. The third kappa shape index (κ3) is 5.79. The first-order valence-electron chi connectivity index (χ1n) is 6.04. The number of unbranched alkanes of at least 4 members (excludes halogenated alkanes) is 1. The molecule has 0 bridgehead atoms. The summed E-state index contributed by atoms with van der Waals surface area (Å²) in [7, 11) is -1.24. The summed E-state index contributed by atoms with van der Waals surface area (Å²) in [5.74, 6) is 0.227. The van der Waals surface area contributed by atoms with Gasteiger partial charge in [0.25, 0.3) is 0 Å². The van der Waals surface area contributed by atoms with Crippen molar-refractivity contribution in [1.82, 2.24) is 15.2 Å². The van der Waals surface area contributed by atoms with Crippen LogP contribution in [0.3, 0.4) is 0 Å². The first kappa shape index (κ1) is 13.9. The Hall–Kier alpha value is -0.170. The van der Waals surface area contributed by atoms with Crippen LogP contribution in [0.4, 0.5) is 0 Å². The minimum atomic E-state index is -3.11. The zero-order valence-corrected chi connectivity index (χ0v) is 10.9. The molecule has 1 aliphatic heterocycles. The topological polar surface area (TPSA) is 61.4 Å². The van der Waals surface area contributed by atoms with Gasteiger partial charge in [0.15, 0.2) is 0 Å². The zero-order valence-electron chi connectivity index (χ0n) is 10.0. The van der Waals surface area contributed by atoms with E-state index in [0.717, 1.165) is 38.9 Å². The van der Waals surface area contributed by atoms with Gasteiger partial charge >= 0.3 is 0 Å². The molecule has 0 unspecified atom stereocenters. The molecule has 0 radical (unpaired) electrons. The summed E-state index contributed by atoms with van der Waals surface area (Å²) < 4.78 is 23.4. The van der Waals surface area contributed by atoms with E-state index in [1.165, 1.54) is 6.42 Å². The Morgan fingerprint density at radius 3 is 2.44 bits per heavy atom. The van der Waals surface area contributed by atoms with Crippen molar-refractivity contribution >= 4 is 10.0 Å². The molecule has 96 valence electrons. The molecule has 2 N–H and O–H groups in total. The van der Waals surface area contributed by atoms with Crippen LogP contribution in [0.25, 0.3) is 0 Å². The lowest BCUT2D eigenvalue weighted by atomic mass is 10.2. The minimum Gasteiger partial charge on any atom is -0.320 e. The lowest BCUT2D eigenvalue weighted by Gasteiger charge is -2.26. The Balaban J connectivity index is 2.22. The summed E-state index contributed by atoms with van der Waals surface area (Å²) in [5.41, 5.74) is 0. The number of sulfonamides is 1. The van der Waals surface area contributed by atoms with Crippen LogP contribution in [0.5, 0.6) is 0 Å². The SMILES string of the molecule is CNCCCCS(=O)(=O)NN1CCCCC1. The van der Waals surface area contributed by atoms with E-state index in [9.17, 15) is 8.42 Å². The largest absolute Gasteiger partial charge is 0.320 e. The lowest BCUT2D eigenvalue weighted by Crippen LogP contribution is -2.45. The van der Waals surface area contributed by atoms with Gasteiger partial charge in [0.2, 0.25) is 10.0 Å². The molecule has 6 heteroatoms. The van der Waals surface area contributed by atoms with Crippen LogP contribution in [0.15, 0.2) is 0 Å². The monoisotopic (exact) mass is 249 g/mol. The van der Waals surface area contributed by atoms with Gasteiger partial charge in [-0.2, -0.15) is 0 Å². The van der Waals surface area contributed by atoms with E-state index in [4.69, 9.17) is 0 Å². The van der Waals surface area contributed by atoms with Crippen molar-refractivity contribution in [2.75, 3.05) is 32.4 Å². The fourth-order valence-electron chi connectivity index (χ4n) is 1.82. The highest BCUT2D eigenvalue weighted by molar-refractivity contribution is 7.89. The maximum Gasteiger partial charge on any atom is 0.224 e. The molecule has 0 saturated carbocycles. The number of nitrogens with one attached hydrogen (secondary N) is 2. The van der Waals surface area contributed by atoms with Gasteiger partial charge in [0, 0.05) is 13.1 Å². The highest BCUT2D eigenvalue weighted by Crippen LogP contribution is 2.07. The molecule has 0 amide bonds. The fraction of sp³-hybridized carbons (Fsp3) is 1.00. The Bertz CT molecular complexity index is 274. The molecule has 1 aliphatic rings. The van der Waals surface area contributed by atoms with Crippen molar-refractivity contribution in [2.45, 2.75) is 32.1 Å². The summed E-state index contributed by atoms with van der Waals surface area (Å²) in [5, 5.41) is 4.84. The smallest absolute Gasteiger partial charge is 0.224 e. The summed E-state index contributed by atoms with van der Waals surface area (Å²) in [4.78, 5) is 2.66.